The highest BCUT2D eigenvalue weighted by Gasteiger charge is 2.48. The van der Waals surface area contributed by atoms with Gasteiger partial charge in [-0.3, -0.25) is 9.69 Å². The highest BCUT2D eigenvalue weighted by Crippen LogP contribution is 2.52. The van der Waals surface area contributed by atoms with Gasteiger partial charge in [-0.15, -0.1) is 11.3 Å². The summed E-state index contributed by atoms with van der Waals surface area (Å²) in [6.45, 7) is 4.01. The lowest BCUT2D eigenvalue weighted by Gasteiger charge is -2.48. The quantitative estimate of drug-likeness (QED) is 0.639. The first-order valence-electron chi connectivity index (χ1n) is 10.7. The summed E-state index contributed by atoms with van der Waals surface area (Å²) in [6.07, 6.45) is 9.59. The average molecular weight is 409 g/mol. The molecule has 1 aromatic carbocycles. The van der Waals surface area contributed by atoms with Gasteiger partial charge in [0.1, 0.15) is 0 Å². The van der Waals surface area contributed by atoms with Crippen LogP contribution in [0.3, 0.4) is 0 Å². The van der Waals surface area contributed by atoms with E-state index >= 15 is 0 Å². The summed E-state index contributed by atoms with van der Waals surface area (Å²) in [7, 11) is 4.46. The topological polar surface area (TPSA) is 23.6 Å². The van der Waals surface area contributed by atoms with Gasteiger partial charge in [0.25, 0.3) is 0 Å². The molecule has 4 rings (SSSR count). The smallest absolute Gasteiger partial charge is 0.246 e. The fourth-order valence-electron chi connectivity index (χ4n) is 5.16. The van der Waals surface area contributed by atoms with Gasteiger partial charge in [0.05, 0.1) is 5.54 Å². The van der Waals surface area contributed by atoms with Crippen LogP contribution in [0.4, 0.5) is 0 Å². The van der Waals surface area contributed by atoms with Gasteiger partial charge >= 0.3 is 0 Å². The maximum Gasteiger partial charge on any atom is 0.246 e. The maximum atomic E-state index is 12.7. The van der Waals surface area contributed by atoms with E-state index in [1.165, 1.54) is 35.4 Å². The zero-order valence-electron chi connectivity index (χ0n) is 17.9. The van der Waals surface area contributed by atoms with Crippen molar-refractivity contribution in [2.45, 2.75) is 44.6 Å². The Morgan fingerprint density at radius 2 is 1.76 bits per heavy atom. The minimum atomic E-state index is 0.157. The maximum absolute atomic E-state index is 12.7. The molecule has 2 heterocycles. The molecule has 1 saturated heterocycles. The molecule has 1 amide bonds. The van der Waals surface area contributed by atoms with Gasteiger partial charge in [0.2, 0.25) is 5.91 Å². The fraction of sp³-hybridized carbons (Fsp3) is 0.480. The summed E-state index contributed by atoms with van der Waals surface area (Å²) in [4.78, 5) is 20.1. The Morgan fingerprint density at radius 3 is 2.38 bits per heavy atom. The molecule has 3 nitrogen and oxygen atoms in total. The van der Waals surface area contributed by atoms with Crippen molar-refractivity contribution in [2.24, 2.45) is 5.41 Å². The van der Waals surface area contributed by atoms with E-state index in [-0.39, 0.29) is 11.4 Å². The minimum absolute atomic E-state index is 0.157. The van der Waals surface area contributed by atoms with Crippen LogP contribution in [0.5, 0.6) is 0 Å². The van der Waals surface area contributed by atoms with Crippen molar-refractivity contribution in [3.63, 3.8) is 0 Å². The van der Waals surface area contributed by atoms with Crippen LogP contribution in [0, 0.1) is 12.3 Å². The molecule has 1 aromatic heterocycles. The summed E-state index contributed by atoms with van der Waals surface area (Å²) >= 11 is 1.95. The van der Waals surface area contributed by atoms with Gasteiger partial charge < -0.3 is 4.90 Å². The van der Waals surface area contributed by atoms with E-state index < -0.39 is 0 Å². The molecular weight excluding hydrogens is 376 g/mol. The number of rotatable bonds is 4. The third-order valence-electron chi connectivity index (χ3n) is 7.16. The number of likely N-dealkylation sites (tertiary alicyclic amines) is 1. The third kappa shape index (κ3) is 4.06. The molecule has 1 saturated carbocycles. The molecular formula is C25H32N2OS. The van der Waals surface area contributed by atoms with Gasteiger partial charge in [0.15, 0.2) is 0 Å². The van der Waals surface area contributed by atoms with Crippen molar-refractivity contribution in [3.05, 3.63) is 63.9 Å². The summed E-state index contributed by atoms with van der Waals surface area (Å²) in [5.41, 5.74) is 1.55. The molecule has 0 bridgehead atoms. The van der Waals surface area contributed by atoms with Crippen LogP contribution in [0.2, 0.25) is 0 Å². The molecule has 1 aliphatic carbocycles. The van der Waals surface area contributed by atoms with Gasteiger partial charge in [-0.05, 0) is 82.3 Å². The Labute approximate surface area is 179 Å². The van der Waals surface area contributed by atoms with Crippen molar-refractivity contribution in [2.75, 3.05) is 27.2 Å². The highest BCUT2D eigenvalue weighted by atomic mass is 32.1. The lowest BCUT2D eigenvalue weighted by atomic mass is 9.66. The van der Waals surface area contributed by atoms with E-state index in [1.54, 1.807) is 6.08 Å². The Balaban J connectivity index is 1.41. The van der Waals surface area contributed by atoms with E-state index in [2.05, 4.69) is 43.0 Å². The van der Waals surface area contributed by atoms with Gasteiger partial charge in [-0.1, -0.05) is 30.3 Å². The summed E-state index contributed by atoms with van der Waals surface area (Å²) in [6, 6.07) is 14.7. The van der Waals surface area contributed by atoms with E-state index in [1.807, 2.05) is 47.7 Å². The van der Waals surface area contributed by atoms with Crippen LogP contribution in [0.25, 0.3) is 6.08 Å². The number of carbonyl (C=O) groups excluding carboxylic acids is 1. The van der Waals surface area contributed by atoms with Crippen LogP contribution in [-0.2, 0) is 10.3 Å². The van der Waals surface area contributed by atoms with Crippen LogP contribution >= 0.6 is 11.3 Å². The first-order chi connectivity index (χ1) is 13.9. The predicted octanol–water partition coefficient (Wildman–Crippen LogP) is 5.32. The predicted molar refractivity (Wildman–Crippen MR) is 122 cm³/mol. The molecule has 0 unspecified atom stereocenters. The minimum Gasteiger partial charge on any atom is -0.339 e. The normalized spacial score (nSPS) is 27.4. The number of hydrogen-bond acceptors (Lipinski definition) is 3. The van der Waals surface area contributed by atoms with Gasteiger partial charge in [0, 0.05) is 28.9 Å². The van der Waals surface area contributed by atoms with E-state index in [4.69, 9.17) is 0 Å². The standard InChI is InChI=1S/C25H32N2OS/c1-20-9-11-22(29-20)25(26(2)3)15-13-24(14-16-25)17-18-27(19-24)23(28)12-10-21-7-5-4-6-8-21/h4-12H,13-19H2,1-3H3. The average Bonchev–Trinajstić information content (AvgIpc) is 3.35. The van der Waals surface area contributed by atoms with Crippen molar-refractivity contribution in [3.8, 4) is 0 Å². The molecule has 0 atom stereocenters. The Kier molecular flexibility index (Phi) is 5.67. The summed E-state index contributed by atoms with van der Waals surface area (Å²) in [5.74, 6) is 0.157. The molecule has 0 N–H and O–H groups in total. The second-order valence-corrected chi connectivity index (χ2v) is 10.4. The van der Waals surface area contributed by atoms with Crippen molar-refractivity contribution in [1.82, 2.24) is 9.80 Å². The molecule has 2 fully saturated rings. The molecule has 0 radical (unpaired) electrons. The van der Waals surface area contributed by atoms with Gasteiger partial charge in [-0.2, -0.15) is 0 Å². The number of thiophene rings is 1. The monoisotopic (exact) mass is 408 g/mol. The van der Waals surface area contributed by atoms with Crippen LogP contribution < -0.4 is 0 Å². The molecule has 29 heavy (non-hydrogen) atoms. The zero-order chi connectivity index (χ0) is 20.5. The number of nitrogens with zero attached hydrogens (tertiary/aromatic N) is 2. The van der Waals surface area contributed by atoms with Crippen molar-refractivity contribution < 1.29 is 4.79 Å². The molecule has 1 spiro atoms. The Hall–Kier alpha value is -1.91. The highest BCUT2D eigenvalue weighted by molar-refractivity contribution is 7.12. The van der Waals surface area contributed by atoms with Crippen molar-refractivity contribution in [1.29, 1.82) is 0 Å². The zero-order valence-corrected chi connectivity index (χ0v) is 18.7. The van der Waals surface area contributed by atoms with Crippen LogP contribution in [0.1, 0.15) is 47.4 Å². The number of carbonyl (C=O) groups is 1. The SMILES string of the molecule is Cc1ccc(C2(N(C)C)CCC3(CCN(C(=O)C=Cc4ccccc4)C3)CC2)s1. The second kappa shape index (κ2) is 8.08. The van der Waals surface area contributed by atoms with E-state index in [0.29, 0.717) is 5.41 Å². The Morgan fingerprint density at radius 1 is 1.03 bits per heavy atom. The first-order valence-corrected chi connectivity index (χ1v) is 11.5. The second-order valence-electron chi connectivity index (χ2n) is 9.09. The number of amides is 1. The van der Waals surface area contributed by atoms with Crippen LogP contribution in [-0.4, -0.2) is 42.9 Å². The largest absolute Gasteiger partial charge is 0.339 e. The molecule has 2 aliphatic rings. The lowest BCUT2D eigenvalue weighted by molar-refractivity contribution is -0.125. The molecule has 2 aromatic rings. The third-order valence-corrected chi connectivity index (χ3v) is 8.35. The first kappa shape index (κ1) is 20.4. The fourth-order valence-corrected chi connectivity index (χ4v) is 6.36. The van der Waals surface area contributed by atoms with E-state index in [9.17, 15) is 4.79 Å². The van der Waals surface area contributed by atoms with Crippen LogP contribution in [0.15, 0.2) is 48.5 Å². The summed E-state index contributed by atoms with van der Waals surface area (Å²) in [5, 5.41) is 0. The summed E-state index contributed by atoms with van der Waals surface area (Å²) < 4.78 is 0. The number of benzene rings is 1. The number of hydrogen-bond donors (Lipinski definition) is 0. The lowest BCUT2D eigenvalue weighted by Crippen LogP contribution is -2.47. The van der Waals surface area contributed by atoms with Crippen molar-refractivity contribution >= 4 is 23.3 Å². The Bertz CT molecular complexity index is 875. The molecule has 154 valence electrons. The molecule has 1 aliphatic heterocycles. The van der Waals surface area contributed by atoms with Gasteiger partial charge in [-0.25, -0.2) is 0 Å². The van der Waals surface area contributed by atoms with E-state index in [0.717, 1.165) is 25.1 Å². The molecule has 4 heteroatoms. The number of aryl methyl sites for hydroxylation is 1.